The van der Waals surface area contributed by atoms with Gasteiger partial charge in [-0.25, -0.2) is 0 Å². The zero-order valence-corrected chi connectivity index (χ0v) is 19.8. The summed E-state index contributed by atoms with van der Waals surface area (Å²) in [6.07, 6.45) is 1.63. The molecule has 0 bridgehead atoms. The Morgan fingerprint density at radius 2 is 1.72 bits per heavy atom. The highest BCUT2D eigenvalue weighted by atomic mass is 16.5. The molecule has 1 N–H and O–H groups in total. The molecule has 36 heavy (non-hydrogen) atoms. The molecule has 1 aliphatic heterocycles. The third-order valence-corrected chi connectivity index (χ3v) is 6.54. The van der Waals surface area contributed by atoms with Gasteiger partial charge in [-0.3, -0.25) is 9.89 Å². The molecule has 6 heteroatoms. The van der Waals surface area contributed by atoms with E-state index < -0.39 is 0 Å². The van der Waals surface area contributed by atoms with E-state index >= 15 is 0 Å². The molecule has 178 valence electrons. The van der Waals surface area contributed by atoms with Crippen molar-refractivity contribution in [2.24, 2.45) is 0 Å². The van der Waals surface area contributed by atoms with Gasteiger partial charge in [0.15, 0.2) is 0 Å². The van der Waals surface area contributed by atoms with Crippen LogP contribution in [-0.2, 0) is 13.2 Å². The van der Waals surface area contributed by atoms with Gasteiger partial charge in [0, 0.05) is 11.1 Å². The van der Waals surface area contributed by atoms with Crippen LogP contribution in [0.4, 0.5) is 0 Å². The number of aromatic amines is 1. The third kappa shape index (κ3) is 4.07. The predicted molar refractivity (Wildman–Crippen MR) is 136 cm³/mol. The molecule has 0 spiro atoms. The van der Waals surface area contributed by atoms with Crippen molar-refractivity contribution in [2.45, 2.75) is 26.1 Å². The molecule has 3 aromatic carbocycles. The van der Waals surface area contributed by atoms with Gasteiger partial charge in [-0.2, -0.15) is 5.10 Å². The van der Waals surface area contributed by atoms with Crippen molar-refractivity contribution in [3.8, 4) is 17.0 Å². The fourth-order valence-electron chi connectivity index (χ4n) is 4.70. The number of carbonyl (C=O) groups excluding carboxylic acids is 1. The number of hydrogen-bond acceptors (Lipinski definition) is 4. The number of furan rings is 1. The van der Waals surface area contributed by atoms with Crippen LogP contribution in [0.1, 0.15) is 44.5 Å². The first-order valence-electron chi connectivity index (χ1n) is 11.9. The SMILES string of the molecule is Cc1ccc(-c2n[nH]c3c2C(c2ccc(OCc4ccccc4)cc2)N(Cc2ccco2)C3=O)cc1. The molecule has 3 heterocycles. The maximum absolute atomic E-state index is 13.5. The molecule has 0 aliphatic carbocycles. The number of rotatable bonds is 7. The average molecular weight is 476 g/mol. The Bertz CT molecular complexity index is 1470. The Labute approximate surface area is 209 Å². The lowest BCUT2D eigenvalue weighted by atomic mass is 9.95. The van der Waals surface area contributed by atoms with E-state index in [1.54, 1.807) is 6.26 Å². The first-order chi connectivity index (χ1) is 17.7. The van der Waals surface area contributed by atoms with Crippen molar-refractivity contribution in [2.75, 3.05) is 0 Å². The fourth-order valence-corrected chi connectivity index (χ4v) is 4.70. The number of nitrogens with one attached hydrogen (secondary N) is 1. The third-order valence-electron chi connectivity index (χ3n) is 6.54. The number of ether oxygens (including phenoxy) is 1. The van der Waals surface area contributed by atoms with Gasteiger partial charge in [-0.1, -0.05) is 72.3 Å². The summed E-state index contributed by atoms with van der Waals surface area (Å²) >= 11 is 0. The number of nitrogens with zero attached hydrogens (tertiary/aromatic N) is 2. The molecule has 5 aromatic rings. The van der Waals surface area contributed by atoms with E-state index in [-0.39, 0.29) is 11.9 Å². The maximum Gasteiger partial charge on any atom is 0.273 e. The van der Waals surface area contributed by atoms with E-state index in [0.29, 0.717) is 18.8 Å². The summed E-state index contributed by atoms with van der Waals surface area (Å²) in [7, 11) is 0. The van der Waals surface area contributed by atoms with Gasteiger partial charge in [0.25, 0.3) is 5.91 Å². The van der Waals surface area contributed by atoms with E-state index in [2.05, 4.69) is 29.3 Å². The number of aryl methyl sites for hydroxylation is 1. The van der Waals surface area contributed by atoms with Crippen LogP contribution >= 0.6 is 0 Å². The van der Waals surface area contributed by atoms with Crippen molar-refractivity contribution in [1.82, 2.24) is 15.1 Å². The Kier molecular flexibility index (Phi) is 5.62. The largest absolute Gasteiger partial charge is 0.489 e. The number of aromatic nitrogens is 2. The molecule has 2 aromatic heterocycles. The lowest BCUT2D eigenvalue weighted by Crippen LogP contribution is -2.28. The van der Waals surface area contributed by atoms with Crippen molar-refractivity contribution in [1.29, 1.82) is 0 Å². The number of hydrogen-bond donors (Lipinski definition) is 1. The Morgan fingerprint density at radius 3 is 2.44 bits per heavy atom. The minimum atomic E-state index is -0.309. The molecule has 6 nitrogen and oxygen atoms in total. The lowest BCUT2D eigenvalue weighted by molar-refractivity contribution is 0.0717. The first-order valence-corrected chi connectivity index (χ1v) is 11.9. The zero-order chi connectivity index (χ0) is 24.5. The van der Waals surface area contributed by atoms with Crippen LogP contribution in [0.25, 0.3) is 11.3 Å². The summed E-state index contributed by atoms with van der Waals surface area (Å²) < 4.78 is 11.6. The smallest absolute Gasteiger partial charge is 0.273 e. The minimum Gasteiger partial charge on any atom is -0.489 e. The Hall–Kier alpha value is -4.58. The standard InChI is InChI=1S/C30H25N3O3/c1-20-9-11-22(12-10-20)27-26-28(32-31-27)30(34)33(18-25-8-5-17-35-25)29(26)23-13-15-24(16-14-23)36-19-21-6-3-2-4-7-21/h2-17,29H,18-19H2,1H3,(H,31,32). The van der Waals surface area contributed by atoms with Gasteiger partial charge in [0.2, 0.25) is 0 Å². The predicted octanol–water partition coefficient (Wildman–Crippen LogP) is 6.30. The summed E-state index contributed by atoms with van der Waals surface area (Å²) in [5.41, 5.74) is 6.42. The normalized spacial score (nSPS) is 14.8. The Morgan fingerprint density at radius 1 is 0.944 bits per heavy atom. The maximum atomic E-state index is 13.5. The van der Waals surface area contributed by atoms with E-state index in [1.165, 1.54) is 5.56 Å². The second-order valence-corrected chi connectivity index (χ2v) is 8.99. The van der Waals surface area contributed by atoms with Crippen LogP contribution in [0.3, 0.4) is 0 Å². The topological polar surface area (TPSA) is 71.4 Å². The minimum absolute atomic E-state index is 0.0957. The van der Waals surface area contributed by atoms with Crippen molar-refractivity contribution >= 4 is 5.91 Å². The van der Waals surface area contributed by atoms with Crippen LogP contribution in [0.2, 0.25) is 0 Å². The van der Waals surface area contributed by atoms with E-state index in [1.807, 2.05) is 83.8 Å². The zero-order valence-electron chi connectivity index (χ0n) is 19.8. The van der Waals surface area contributed by atoms with Crippen LogP contribution in [0.15, 0.2) is 102 Å². The summed E-state index contributed by atoms with van der Waals surface area (Å²) in [5.74, 6) is 1.41. The van der Waals surface area contributed by atoms with Crippen molar-refractivity contribution < 1.29 is 13.9 Å². The van der Waals surface area contributed by atoms with Crippen LogP contribution in [0, 0.1) is 6.92 Å². The molecule has 0 saturated heterocycles. The lowest BCUT2D eigenvalue weighted by Gasteiger charge is -2.25. The molecular formula is C30H25N3O3. The van der Waals surface area contributed by atoms with Gasteiger partial charge < -0.3 is 14.1 Å². The van der Waals surface area contributed by atoms with Crippen molar-refractivity contribution in [3.05, 3.63) is 131 Å². The van der Waals surface area contributed by atoms with Gasteiger partial charge in [-0.15, -0.1) is 0 Å². The molecule has 1 aliphatic rings. The monoisotopic (exact) mass is 475 g/mol. The quantitative estimate of drug-likeness (QED) is 0.300. The highest BCUT2D eigenvalue weighted by molar-refractivity contribution is 6.00. The second-order valence-electron chi connectivity index (χ2n) is 8.99. The van der Waals surface area contributed by atoms with Gasteiger partial charge in [0.05, 0.1) is 24.5 Å². The van der Waals surface area contributed by atoms with E-state index in [9.17, 15) is 4.79 Å². The van der Waals surface area contributed by atoms with Crippen LogP contribution in [-0.4, -0.2) is 21.0 Å². The molecule has 0 saturated carbocycles. The Balaban J connectivity index is 1.35. The molecule has 1 unspecified atom stereocenters. The fraction of sp³-hybridized carbons (Fsp3) is 0.133. The number of amides is 1. The first kappa shape index (κ1) is 21.9. The van der Waals surface area contributed by atoms with Crippen LogP contribution < -0.4 is 4.74 Å². The highest BCUT2D eigenvalue weighted by Crippen LogP contribution is 2.43. The molecule has 1 amide bonds. The van der Waals surface area contributed by atoms with E-state index in [4.69, 9.17) is 9.15 Å². The highest BCUT2D eigenvalue weighted by Gasteiger charge is 2.42. The van der Waals surface area contributed by atoms with Gasteiger partial charge in [0.1, 0.15) is 23.8 Å². The summed E-state index contributed by atoms with van der Waals surface area (Å²) in [5, 5.41) is 7.57. The molecule has 6 rings (SSSR count). The van der Waals surface area contributed by atoms with E-state index in [0.717, 1.165) is 39.5 Å². The summed E-state index contributed by atoms with van der Waals surface area (Å²) in [4.78, 5) is 15.4. The van der Waals surface area contributed by atoms with Crippen LogP contribution in [0.5, 0.6) is 5.75 Å². The molecule has 0 fully saturated rings. The number of carbonyl (C=O) groups is 1. The number of H-pyrrole nitrogens is 1. The molecular weight excluding hydrogens is 450 g/mol. The average Bonchev–Trinajstić information content (AvgIpc) is 3.64. The number of benzene rings is 3. The number of fused-ring (bicyclic) bond motifs is 1. The van der Waals surface area contributed by atoms with Gasteiger partial charge in [-0.05, 0) is 42.3 Å². The summed E-state index contributed by atoms with van der Waals surface area (Å²) in [6.45, 7) is 2.91. The summed E-state index contributed by atoms with van der Waals surface area (Å²) in [6, 6.07) is 29.6. The van der Waals surface area contributed by atoms with Gasteiger partial charge >= 0.3 is 0 Å². The molecule has 1 atom stereocenters. The molecule has 0 radical (unpaired) electrons. The second kappa shape index (κ2) is 9.23. The van der Waals surface area contributed by atoms with Crippen molar-refractivity contribution in [3.63, 3.8) is 0 Å².